The minimum atomic E-state index is -3.58. The number of carboxylic acids is 1. The lowest BCUT2D eigenvalue weighted by Gasteiger charge is -2.25. The Bertz CT molecular complexity index is 1020. The molecule has 1 saturated heterocycles. The van der Waals surface area contributed by atoms with E-state index < -0.39 is 16.0 Å². The summed E-state index contributed by atoms with van der Waals surface area (Å²) >= 11 is 1.00. The number of hydrogen-bond acceptors (Lipinski definition) is 5. The summed E-state index contributed by atoms with van der Waals surface area (Å²) in [5.41, 5.74) is 0.779. The maximum absolute atomic E-state index is 12.9. The van der Waals surface area contributed by atoms with Gasteiger partial charge in [-0.2, -0.15) is 4.31 Å². The molecule has 31 heavy (non-hydrogen) atoms. The number of nitrogens with zero attached hydrogens (tertiary/aromatic N) is 1. The fraction of sp³-hybridized carbons (Fsp3) is 0.435. The van der Waals surface area contributed by atoms with Gasteiger partial charge >= 0.3 is 5.97 Å². The van der Waals surface area contributed by atoms with E-state index in [9.17, 15) is 18.3 Å². The maximum Gasteiger partial charge on any atom is 0.337 e. The molecule has 2 aromatic rings. The SMILES string of the molecule is CC(C)CCOc1ccc(/C=C(\C(=O)O)c2ccc(S(=O)(=O)N3CCCCC3)s2)cc1. The van der Waals surface area contributed by atoms with Crippen LogP contribution in [0.15, 0.2) is 40.6 Å². The van der Waals surface area contributed by atoms with E-state index in [0.717, 1.165) is 42.8 Å². The summed E-state index contributed by atoms with van der Waals surface area (Å²) < 4.78 is 33.1. The molecule has 2 heterocycles. The predicted octanol–water partition coefficient (Wildman–Crippen LogP) is 4.97. The van der Waals surface area contributed by atoms with Crippen LogP contribution in [0.5, 0.6) is 5.75 Å². The van der Waals surface area contributed by atoms with Crippen LogP contribution >= 0.6 is 11.3 Å². The van der Waals surface area contributed by atoms with Gasteiger partial charge in [0.2, 0.25) is 0 Å². The van der Waals surface area contributed by atoms with Crippen molar-refractivity contribution in [3.8, 4) is 5.75 Å². The third-order valence-electron chi connectivity index (χ3n) is 5.14. The van der Waals surface area contributed by atoms with E-state index in [-0.39, 0.29) is 9.78 Å². The van der Waals surface area contributed by atoms with E-state index in [4.69, 9.17) is 4.74 Å². The predicted molar refractivity (Wildman–Crippen MR) is 124 cm³/mol. The Hall–Kier alpha value is -2.16. The normalized spacial score (nSPS) is 15.9. The average molecular weight is 464 g/mol. The van der Waals surface area contributed by atoms with Crippen LogP contribution in [0.25, 0.3) is 11.6 Å². The highest BCUT2D eigenvalue weighted by molar-refractivity contribution is 7.91. The number of sulfonamides is 1. The molecule has 0 atom stereocenters. The lowest BCUT2D eigenvalue weighted by atomic mass is 10.1. The van der Waals surface area contributed by atoms with Gasteiger partial charge in [0.15, 0.2) is 0 Å². The van der Waals surface area contributed by atoms with E-state index in [1.54, 1.807) is 24.3 Å². The Balaban J connectivity index is 1.78. The zero-order chi connectivity index (χ0) is 22.4. The molecule has 0 amide bonds. The molecular weight excluding hydrogens is 434 g/mol. The molecule has 0 bridgehead atoms. The average Bonchev–Trinajstić information content (AvgIpc) is 3.24. The van der Waals surface area contributed by atoms with Crippen LogP contribution in [0.4, 0.5) is 0 Å². The Labute approximate surface area is 188 Å². The van der Waals surface area contributed by atoms with Crippen LogP contribution in [0.2, 0.25) is 0 Å². The minimum absolute atomic E-state index is 0.0681. The molecule has 168 valence electrons. The van der Waals surface area contributed by atoms with Crippen molar-refractivity contribution in [3.05, 3.63) is 46.8 Å². The molecule has 0 radical (unpaired) electrons. The Morgan fingerprint density at radius 2 is 1.81 bits per heavy atom. The van der Waals surface area contributed by atoms with Crippen molar-refractivity contribution in [2.24, 2.45) is 5.92 Å². The summed E-state index contributed by atoms with van der Waals surface area (Å²) in [4.78, 5) is 12.3. The van der Waals surface area contributed by atoms with Crippen LogP contribution in [-0.2, 0) is 14.8 Å². The van der Waals surface area contributed by atoms with Crippen LogP contribution < -0.4 is 4.74 Å². The van der Waals surface area contributed by atoms with Crippen molar-refractivity contribution in [2.45, 2.75) is 43.7 Å². The van der Waals surface area contributed by atoms with Gasteiger partial charge in [-0.1, -0.05) is 32.4 Å². The van der Waals surface area contributed by atoms with Crippen molar-refractivity contribution < 1.29 is 23.1 Å². The molecule has 0 aliphatic carbocycles. The summed E-state index contributed by atoms with van der Waals surface area (Å²) in [7, 11) is -3.58. The van der Waals surface area contributed by atoms with E-state index in [1.807, 2.05) is 12.1 Å². The molecule has 3 rings (SSSR count). The van der Waals surface area contributed by atoms with Crippen molar-refractivity contribution in [1.29, 1.82) is 0 Å². The van der Waals surface area contributed by atoms with E-state index in [1.165, 1.54) is 10.4 Å². The second kappa shape index (κ2) is 10.4. The lowest BCUT2D eigenvalue weighted by Crippen LogP contribution is -2.35. The Morgan fingerprint density at radius 3 is 2.42 bits per heavy atom. The zero-order valence-electron chi connectivity index (χ0n) is 17.9. The molecule has 1 aromatic carbocycles. The number of ether oxygens (including phenoxy) is 1. The first kappa shape index (κ1) is 23.5. The molecule has 1 N–H and O–H groups in total. The van der Waals surface area contributed by atoms with Crippen LogP contribution in [-0.4, -0.2) is 43.5 Å². The zero-order valence-corrected chi connectivity index (χ0v) is 19.5. The first-order chi connectivity index (χ1) is 14.8. The molecule has 6 nitrogen and oxygen atoms in total. The van der Waals surface area contributed by atoms with Crippen LogP contribution in [0.3, 0.4) is 0 Å². The van der Waals surface area contributed by atoms with Gasteiger partial charge in [0.25, 0.3) is 10.0 Å². The first-order valence-corrected chi connectivity index (χ1v) is 12.8. The molecule has 0 spiro atoms. The molecule has 1 fully saturated rings. The number of carbonyl (C=O) groups is 1. The fourth-order valence-corrected chi connectivity index (χ4v) is 6.30. The second-order valence-electron chi connectivity index (χ2n) is 8.05. The highest BCUT2D eigenvalue weighted by Crippen LogP contribution is 2.32. The van der Waals surface area contributed by atoms with E-state index >= 15 is 0 Å². The topological polar surface area (TPSA) is 83.9 Å². The number of thiophene rings is 1. The number of piperidine rings is 1. The van der Waals surface area contributed by atoms with Gasteiger partial charge in [-0.05, 0) is 61.1 Å². The maximum atomic E-state index is 12.9. The number of hydrogen-bond donors (Lipinski definition) is 1. The fourth-order valence-electron chi connectivity index (χ4n) is 3.31. The highest BCUT2D eigenvalue weighted by Gasteiger charge is 2.28. The highest BCUT2D eigenvalue weighted by atomic mass is 32.2. The monoisotopic (exact) mass is 463 g/mol. The number of benzene rings is 1. The number of carboxylic acid groups (broad SMARTS) is 1. The van der Waals surface area contributed by atoms with Gasteiger partial charge < -0.3 is 9.84 Å². The van der Waals surface area contributed by atoms with Crippen LogP contribution in [0.1, 0.15) is 50.0 Å². The molecule has 1 aromatic heterocycles. The summed E-state index contributed by atoms with van der Waals surface area (Å²) in [6.45, 7) is 5.94. The Kier molecular flexibility index (Phi) is 7.91. The second-order valence-corrected chi connectivity index (χ2v) is 11.3. The summed E-state index contributed by atoms with van der Waals surface area (Å²) in [6.07, 6.45) is 5.27. The molecule has 1 aliphatic heterocycles. The smallest absolute Gasteiger partial charge is 0.337 e. The van der Waals surface area contributed by atoms with Crippen LogP contribution in [0, 0.1) is 5.92 Å². The molecule has 8 heteroatoms. The summed E-state index contributed by atoms with van der Waals surface area (Å²) in [6, 6.07) is 10.3. The van der Waals surface area contributed by atoms with Gasteiger partial charge in [0, 0.05) is 18.0 Å². The summed E-state index contributed by atoms with van der Waals surface area (Å²) in [5.74, 6) is 0.205. The molecule has 1 aliphatic rings. The van der Waals surface area contributed by atoms with Crippen molar-refractivity contribution in [3.63, 3.8) is 0 Å². The third-order valence-corrected chi connectivity index (χ3v) is 8.63. The molecule has 0 unspecified atom stereocenters. The quantitative estimate of drug-likeness (QED) is 0.531. The van der Waals surface area contributed by atoms with Gasteiger partial charge in [-0.3, -0.25) is 0 Å². The van der Waals surface area contributed by atoms with Crippen molar-refractivity contribution in [1.82, 2.24) is 4.31 Å². The third kappa shape index (κ3) is 6.18. The summed E-state index contributed by atoms with van der Waals surface area (Å²) in [5, 5.41) is 9.73. The molecular formula is C23H29NO5S2. The van der Waals surface area contributed by atoms with Gasteiger partial charge in [-0.25, -0.2) is 13.2 Å². The number of aliphatic carboxylic acids is 1. The first-order valence-electron chi connectivity index (χ1n) is 10.6. The van der Waals surface area contributed by atoms with E-state index in [0.29, 0.717) is 36.1 Å². The minimum Gasteiger partial charge on any atom is -0.494 e. The largest absolute Gasteiger partial charge is 0.494 e. The van der Waals surface area contributed by atoms with Gasteiger partial charge in [0.1, 0.15) is 9.96 Å². The van der Waals surface area contributed by atoms with Gasteiger partial charge in [0.05, 0.1) is 12.2 Å². The molecule has 0 saturated carbocycles. The van der Waals surface area contributed by atoms with Crippen molar-refractivity contribution in [2.75, 3.05) is 19.7 Å². The Morgan fingerprint density at radius 1 is 1.13 bits per heavy atom. The lowest BCUT2D eigenvalue weighted by molar-refractivity contribution is -0.130. The number of rotatable bonds is 9. The standard InChI is InChI=1S/C23H29NO5S2/c1-17(2)12-15-29-19-8-6-18(7-9-19)16-20(23(25)26)21-10-11-22(30-21)31(27,28)24-13-4-3-5-14-24/h6-11,16-17H,3-5,12-15H2,1-2H3,(H,25,26)/b20-16-. The van der Waals surface area contributed by atoms with Gasteiger partial charge in [-0.15, -0.1) is 11.3 Å². The van der Waals surface area contributed by atoms with E-state index in [2.05, 4.69) is 13.8 Å². The van der Waals surface area contributed by atoms with Crippen molar-refractivity contribution >= 4 is 39.0 Å².